The minimum Gasteiger partial charge on any atom is -0.388 e. The first kappa shape index (κ1) is 14.9. The molecule has 3 N–H and O–H groups in total. The molecule has 0 aliphatic carbocycles. The molecule has 106 valence electrons. The molecule has 0 bridgehead atoms. The molecule has 0 aliphatic rings. The van der Waals surface area contributed by atoms with Crippen LogP contribution in [0.3, 0.4) is 0 Å². The van der Waals surface area contributed by atoms with E-state index in [1.165, 1.54) is 36.4 Å². The molecule has 2 atom stereocenters. The molecular formula is C15H14ClF2NO. The van der Waals surface area contributed by atoms with Crippen LogP contribution < -0.4 is 5.73 Å². The van der Waals surface area contributed by atoms with Gasteiger partial charge in [0.2, 0.25) is 0 Å². The second-order valence-electron chi connectivity index (χ2n) is 4.44. The fraction of sp³-hybridized carbons (Fsp3) is 0.200. The summed E-state index contributed by atoms with van der Waals surface area (Å²) in [6.07, 6.45) is -1.31. The average Bonchev–Trinajstić information content (AvgIpc) is 2.41. The van der Waals surface area contributed by atoms with Gasteiger partial charge in [-0.1, -0.05) is 35.9 Å². The maximum atomic E-state index is 13.8. The van der Waals surface area contributed by atoms with Crippen LogP contribution in [0.25, 0.3) is 0 Å². The molecule has 0 fully saturated rings. The molecule has 0 spiro atoms. The topological polar surface area (TPSA) is 46.2 Å². The predicted molar refractivity (Wildman–Crippen MR) is 74.6 cm³/mol. The standard InChI is InChI=1S/C15H14ClF2NO/c16-11-5-3-7-13(18)14(11)15(20)10(8-19)9-4-1-2-6-12(9)17/h1-7,10,15,20H,8,19H2. The van der Waals surface area contributed by atoms with Crippen molar-refractivity contribution in [2.75, 3.05) is 6.54 Å². The predicted octanol–water partition coefficient (Wildman–Crippen LogP) is 3.39. The molecule has 0 aromatic heterocycles. The lowest BCUT2D eigenvalue weighted by atomic mass is 9.88. The van der Waals surface area contributed by atoms with Gasteiger partial charge >= 0.3 is 0 Å². The summed E-state index contributed by atoms with van der Waals surface area (Å²) in [5.74, 6) is -1.90. The Hall–Kier alpha value is -1.49. The quantitative estimate of drug-likeness (QED) is 0.908. The first-order valence-electron chi connectivity index (χ1n) is 6.12. The van der Waals surface area contributed by atoms with Crippen LogP contribution in [0.15, 0.2) is 42.5 Å². The van der Waals surface area contributed by atoms with E-state index in [4.69, 9.17) is 17.3 Å². The number of aliphatic hydroxyl groups excluding tert-OH is 1. The SMILES string of the molecule is NCC(c1ccccc1F)C(O)c1c(F)cccc1Cl. The molecule has 2 aromatic rings. The van der Waals surface area contributed by atoms with E-state index in [1.807, 2.05) is 0 Å². The van der Waals surface area contributed by atoms with Crippen LogP contribution in [0, 0.1) is 11.6 Å². The van der Waals surface area contributed by atoms with Crippen molar-refractivity contribution in [3.8, 4) is 0 Å². The van der Waals surface area contributed by atoms with E-state index in [2.05, 4.69) is 0 Å². The Balaban J connectivity index is 2.45. The van der Waals surface area contributed by atoms with Crippen molar-refractivity contribution in [1.29, 1.82) is 0 Å². The minimum atomic E-state index is -1.31. The molecule has 0 aliphatic heterocycles. The molecule has 0 saturated carbocycles. The summed E-state index contributed by atoms with van der Waals surface area (Å²) in [5.41, 5.74) is 5.80. The summed E-state index contributed by atoms with van der Waals surface area (Å²) in [5, 5.41) is 10.4. The molecule has 2 aromatic carbocycles. The summed E-state index contributed by atoms with van der Waals surface area (Å²) in [6, 6.07) is 10.1. The first-order chi connectivity index (χ1) is 9.56. The van der Waals surface area contributed by atoms with Crippen LogP contribution in [0.1, 0.15) is 23.1 Å². The smallest absolute Gasteiger partial charge is 0.130 e. The van der Waals surface area contributed by atoms with Gasteiger partial charge in [-0.05, 0) is 23.8 Å². The molecule has 0 heterocycles. The first-order valence-corrected chi connectivity index (χ1v) is 6.50. The van der Waals surface area contributed by atoms with Crippen molar-refractivity contribution in [3.05, 3.63) is 70.2 Å². The minimum absolute atomic E-state index is 0.0350. The summed E-state index contributed by atoms with van der Waals surface area (Å²) in [6.45, 7) is -0.0350. The van der Waals surface area contributed by atoms with E-state index in [0.29, 0.717) is 0 Å². The zero-order chi connectivity index (χ0) is 14.7. The monoisotopic (exact) mass is 297 g/mol. The summed E-state index contributed by atoms with van der Waals surface area (Å²) in [4.78, 5) is 0. The number of halogens is 3. The second kappa shape index (κ2) is 6.31. The Morgan fingerprint density at radius 2 is 1.70 bits per heavy atom. The number of nitrogens with two attached hydrogens (primary N) is 1. The largest absolute Gasteiger partial charge is 0.388 e. The van der Waals surface area contributed by atoms with Crippen LogP contribution in [-0.4, -0.2) is 11.7 Å². The van der Waals surface area contributed by atoms with Crippen LogP contribution in [-0.2, 0) is 0 Å². The van der Waals surface area contributed by atoms with Crippen LogP contribution >= 0.6 is 11.6 Å². The lowest BCUT2D eigenvalue weighted by Gasteiger charge is -2.23. The third-order valence-electron chi connectivity index (χ3n) is 3.24. The molecule has 2 nitrogen and oxygen atoms in total. The van der Waals surface area contributed by atoms with Gasteiger partial charge in [0.25, 0.3) is 0 Å². The summed E-state index contributed by atoms with van der Waals surface area (Å²) in [7, 11) is 0. The third-order valence-corrected chi connectivity index (χ3v) is 3.56. The molecular weight excluding hydrogens is 284 g/mol. The fourth-order valence-corrected chi connectivity index (χ4v) is 2.47. The summed E-state index contributed by atoms with van der Waals surface area (Å²) >= 11 is 5.92. The average molecular weight is 298 g/mol. The van der Waals surface area contributed by atoms with Crippen molar-refractivity contribution in [2.45, 2.75) is 12.0 Å². The highest BCUT2D eigenvalue weighted by Crippen LogP contribution is 2.36. The number of hydrogen-bond acceptors (Lipinski definition) is 2. The highest BCUT2D eigenvalue weighted by molar-refractivity contribution is 6.31. The van der Waals surface area contributed by atoms with Gasteiger partial charge in [0.15, 0.2) is 0 Å². The Bertz CT molecular complexity index is 586. The molecule has 0 amide bonds. The zero-order valence-electron chi connectivity index (χ0n) is 10.6. The highest BCUT2D eigenvalue weighted by atomic mass is 35.5. The van der Waals surface area contributed by atoms with Gasteiger partial charge in [-0.2, -0.15) is 0 Å². The molecule has 2 unspecified atom stereocenters. The van der Waals surface area contributed by atoms with E-state index >= 15 is 0 Å². The Kier molecular flexibility index (Phi) is 4.70. The molecule has 20 heavy (non-hydrogen) atoms. The number of hydrogen-bond donors (Lipinski definition) is 2. The lowest BCUT2D eigenvalue weighted by Crippen LogP contribution is -2.22. The van der Waals surface area contributed by atoms with Gasteiger partial charge in [0, 0.05) is 23.0 Å². The Labute approximate surface area is 120 Å². The normalized spacial score (nSPS) is 14.1. The fourth-order valence-electron chi connectivity index (χ4n) is 2.20. The molecule has 2 rings (SSSR count). The lowest BCUT2D eigenvalue weighted by molar-refractivity contribution is 0.141. The van der Waals surface area contributed by atoms with E-state index < -0.39 is 23.7 Å². The van der Waals surface area contributed by atoms with E-state index in [9.17, 15) is 13.9 Å². The van der Waals surface area contributed by atoms with Gasteiger partial charge < -0.3 is 10.8 Å². The highest BCUT2D eigenvalue weighted by Gasteiger charge is 2.27. The van der Waals surface area contributed by atoms with Gasteiger partial charge in [-0.25, -0.2) is 8.78 Å². The second-order valence-corrected chi connectivity index (χ2v) is 4.85. The van der Waals surface area contributed by atoms with E-state index in [1.54, 1.807) is 6.07 Å². The molecule has 5 heteroatoms. The number of aliphatic hydroxyl groups is 1. The number of benzene rings is 2. The van der Waals surface area contributed by atoms with Crippen molar-refractivity contribution in [1.82, 2.24) is 0 Å². The van der Waals surface area contributed by atoms with Crippen LogP contribution in [0.5, 0.6) is 0 Å². The maximum absolute atomic E-state index is 13.8. The number of rotatable bonds is 4. The van der Waals surface area contributed by atoms with E-state index in [0.717, 1.165) is 0 Å². The van der Waals surface area contributed by atoms with Gasteiger partial charge in [-0.3, -0.25) is 0 Å². The molecule has 0 saturated heterocycles. The summed E-state index contributed by atoms with van der Waals surface area (Å²) < 4.78 is 27.6. The Morgan fingerprint density at radius 1 is 1.05 bits per heavy atom. The molecule has 0 radical (unpaired) electrons. The van der Waals surface area contributed by atoms with Crippen molar-refractivity contribution in [3.63, 3.8) is 0 Å². The zero-order valence-corrected chi connectivity index (χ0v) is 11.3. The van der Waals surface area contributed by atoms with Crippen molar-refractivity contribution < 1.29 is 13.9 Å². The van der Waals surface area contributed by atoms with Gasteiger partial charge in [0.05, 0.1) is 6.10 Å². The third kappa shape index (κ3) is 2.82. The van der Waals surface area contributed by atoms with Crippen molar-refractivity contribution >= 4 is 11.6 Å². The van der Waals surface area contributed by atoms with Crippen molar-refractivity contribution in [2.24, 2.45) is 5.73 Å². The maximum Gasteiger partial charge on any atom is 0.130 e. The van der Waals surface area contributed by atoms with Gasteiger partial charge in [-0.15, -0.1) is 0 Å². The van der Waals surface area contributed by atoms with Crippen LogP contribution in [0.2, 0.25) is 5.02 Å². The van der Waals surface area contributed by atoms with Crippen LogP contribution in [0.4, 0.5) is 8.78 Å². The van der Waals surface area contributed by atoms with E-state index in [-0.39, 0.29) is 22.7 Å². The Morgan fingerprint density at radius 3 is 2.30 bits per heavy atom. The van der Waals surface area contributed by atoms with Gasteiger partial charge in [0.1, 0.15) is 11.6 Å².